The maximum Gasteiger partial charge on any atom is 0.416 e. The highest BCUT2D eigenvalue weighted by Gasteiger charge is 2.30. The van der Waals surface area contributed by atoms with Crippen LogP contribution in [0.4, 0.5) is 23.7 Å². The zero-order valence-corrected chi connectivity index (χ0v) is 16.0. The molecule has 0 aliphatic rings. The summed E-state index contributed by atoms with van der Waals surface area (Å²) >= 11 is 0. The minimum Gasteiger partial charge on any atom is -0.491 e. The molecule has 162 valence electrons. The topological polar surface area (TPSA) is 96.9 Å². The molecule has 0 aliphatic heterocycles. The van der Waals surface area contributed by atoms with Gasteiger partial charge in [-0.15, -0.1) is 0 Å². The number of nitrogens with one attached hydrogen (secondary N) is 2. The van der Waals surface area contributed by atoms with Crippen molar-refractivity contribution < 1.29 is 37.3 Å². The van der Waals surface area contributed by atoms with Crippen LogP contribution in [-0.4, -0.2) is 43.0 Å². The molecular formula is C20H21F3N2O5. The van der Waals surface area contributed by atoms with E-state index in [2.05, 4.69) is 10.6 Å². The standard InChI is InChI=1S/C20H21F3N2O5/c1-2-29-18(27)13-6-8-15(9-7-13)25-19(28)24-11-16(26)12-30-17-5-3-4-14(10-17)20(21,22)23/h3-10,16,26H,2,11-12H2,1H3,(H2,24,25,28). The van der Waals surface area contributed by atoms with Gasteiger partial charge >= 0.3 is 18.2 Å². The van der Waals surface area contributed by atoms with Crippen molar-refractivity contribution in [2.75, 3.05) is 25.1 Å². The quantitative estimate of drug-likeness (QED) is 0.562. The van der Waals surface area contributed by atoms with Crippen molar-refractivity contribution >= 4 is 17.7 Å². The van der Waals surface area contributed by atoms with Gasteiger partial charge in [-0.05, 0) is 49.4 Å². The minimum atomic E-state index is -4.49. The lowest BCUT2D eigenvalue weighted by molar-refractivity contribution is -0.137. The first-order valence-electron chi connectivity index (χ1n) is 8.99. The fourth-order valence-corrected chi connectivity index (χ4v) is 2.30. The van der Waals surface area contributed by atoms with E-state index in [4.69, 9.17) is 9.47 Å². The van der Waals surface area contributed by atoms with Gasteiger partial charge in [-0.1, -0.05) is 6.07 Å². The number of aliphatic hydroxyl groups is 1. The Balaban J connectivity index is 1.76. The van der Waals surface area contributed by atoms with E-state index in [0.717, 1.165) is 12.1 Å². The van der Waals surface area contributed by atoms with E-state index >= 15 is 0 Å². The van der Waals surface area contributed by atoms with Crippen LogP contribution in [0.2, 0.25) is 0 Å². The summed E-state index contributed by atoms with van der Waals surface area (Å²) in [5.41, 5.74) is -0.110. The second-order valence-corrected chi connectivity index (χ2v) is 6.12. The summed E-state index contributed by atoms with van der Waals surface area (Å²) in [4.78, 5) is 23.4. The Morgan fingerprint density at radius 1 is 1.13 bits per heavy atom. The third-order valence-corrected chi connectivity index (χ3v) is 3.76. The van der Waals surface area contributed by atoms with Gasteiger partial charge in [-0.25, -0.2) is 9.59 Å². The summed E-state index contributed by atoms with van der Waals surface area (Å²) in [5, 5.41) is 14.8. The number of aliphatic hydroxyl groups excluding tert-OH is 1. The molecule has 0 fully saturated rings. The number of carbonyl (C=O) groups is 2. The largest absolute Gasteiger partial charge is 0.491 e. The van der Waals surface area contributed by atoms with Gasteiger partial charge in [0.15, 0.2) is 0 Å². The van der Waals surface area contributed by atoms with Crippen LogP contribution in [0.3, 0.4) is 0 Å². The molecule has 2 rings (SSSR count). The van der Waals surface area contributed by atoms with Gasteiger partial charge in [0.1, 0.15) is 18.5 Å². The smallest absolute Gasteiger partial charge is 0.416 e. The lowest BCUT2D eigenvalue weighted by Crippen LogP contribution is -2.37. The third kappa shape index (κ3) is 7.28. The lowest BCUT2D eigenvalue weighted by atomic mass is 10.2. The monoisotopic (exact) mass is 426 g/mol. The van der Waals surface area contributed by atoms with Gasteiger partial charge in [0.25, 0.3) is 0 Å². The van der Waals surface area contributed by atoms with Crippen LogP contribution in [0.5, 0.6) is 5.75 Å². The Labute approximate surface area is 170 Å². The molecule has 3 N–H and O–H groups in total. The van der Waals surface area contributed by atoms with Crippen molar-refractivity contribution in [1.29, 1.82) is 0 Å². The summed E-state index contributed by atoms with van der Waals surface area (Å²) in [6, 6.07) is 9.67. The van der Waals surface area contributed by atoms with Crippen LogP contribution in [0, 0.1) is 0 Å². The molecule has 10 heteroatoms. The molecule has 0 saturated heterocycles. The zero-order chi connectivity index (χ0) is 22.1. The predicted octanol–water partition coefficient (Wildman–Crippen LogP) is 3.44. The molecule has 0 spiro atoms. The lowest BCUT2D eigenvalue weighted by Gasteiger charge is -2.15. The number of amides is 2. The van der Waals surface area contributed by atoms with Crippen molar-refractivity contribution in [3.05, 3.63) is 59.7 Å². The molecule has 0 saturated carbocycles. The molecule has 7 nitrogen and oxygen atoms in total. The van der Waals surface area contributed by atoms with Crippen molar-refractivity contribution in [3.63, 3.8) is 0 Å². The number of carbonyl (C=O) groups excluding carboxylic acids is 2. The average molecular weight is 426 g/mol. The van der Waals surface area contributed by atoms with Crippen molar-refractivity contribution in [2.24, 2.45) is 0 Å². The van der Waals surface area contributed by atoms with Crippen LogP contribution < -0.4 is 15.4 Å². The summed E-state index contributed by atoms with van der Waals surface area (Å²) < 4.78 is 48.0. The maximum absolute atomic E-state index is 12.7. The number of hydrogen-bond donors (Lipinski definition) is 3. The van der Waals surface area contributed by atoms with Gasteiger partial charge in [0.2, 0.25) is 0 Å². The molecule has 1 atom stereocenters. The molecule has 2 amide bonds. The third-order valence-electron chi connectivity index (χ3n) is 3.76. The Bertz CT molecular complexity index is 856. The highest BCUT2D eigenvalue weighted by molar-refractivity contribution is 5.92. The van der Waals surface area contributed by atoms with Crippen LogP contribution in [0.15, 0.2) is 48.5 Å². The number of halogens is 3. The number of alkyl halides is 3. The van der Waals surface area contributed by atoms with Crippen molar-refractivity contribution in [2.45, 2.75) is 19.2 Å². The Hall–Kier alpha value is -3.27. The molecule has 0 heterocycles. The summed E-state index contributed by atoms with van der Waals surface area (Å²) in [7, 11) is 0. The molecule has 0 aromatic heterocycles. The number of benzene rings is 2. The van der Waals surface area contributed by atoms with E-state index < -0.39 is 29.8 Å². The molecule has 2 aromatic carbocycles. The average Bonchev–Trinajstić information content (AvgIpc) is 2.71. The highest BCUT2D eigenvalue weighted by Crippen LogP contribution is 2.31. The maximum atomic E-state index is 12.7. The molecule has 2 aromatic rings. The fourth-order valence-electron chi connectivity index (χ4n) is 2.30. The molecule has 0 bridgehead atoms. The molecule has 0 radical (unpaired) electrons. The van der Waals surface area contributed by atoms with Crippen LogP contribution in [0.1, 0.15) is 22.8 Å². The molecule has 0 aliphatic carbocycles. The van der Waals surface area contributed by atoms with Crippen molar-refractivity contribution in [1.82, 2.24) is 5.32 Å². The van der Waals surface area contributed by atoms with Gasteiger partial charge in [0.05, 0.1) is 17.7 Å². The van der Waals surface area contributed by atoms with Gasteiger partial charge in [-0.2, -0.15) is 13.2 Å². The Morgan fingerprint density at radius 3 is 2.47 bits per heavy atom. The number of rotatable bonds is 8. The predicted molar refractivity (Wildman–Crippen MR) is 102 cm³/mol. The van der Waals surface area contributed by atoms with Crippen LogP contribution >= 0.6 is 0 Å². The van der Waals surface area contributed by atoms with E-state index in [1.54, 1.807) is 6.92 Å². The number of anilines is 1. The minimum absolute atomic E-state index is 0.0463. The van der Waals surface area contributed by atoms with Crippen molar-refractivity contribution in [3.8, 4) is 5.75 Å². The summed E-state index contributed by atoms with van der Waals surface area (Å²) in [5.74, 6) is -0.521. The molecule has 1 unspecified atom stereocenters. The second-order valence-electron chi connectivity index (χ2n) is 6.12. The highest BCUT2D eigenvalue weighted by atomic mass is 19.4. The Morgan fingerprint density at radius 2 is 1.83 bits per heavy atom. The number of urea groups is 1. The van der Waals surface area contributed by atoms with E-state index in [1.165, 1.54) is 36.4 Å². The molecular weight excluding hydrogens is 405 g/mol. The van der Waals surface area contributed by atoms with E-state index in [-0.39, 0.29) is 25.5 Å². The zero-order valence-electron chi connectivity index (χ0n) is 16.0. The SMILES string of the molecule is CCOC(=O)c1ccc(NC(=O)NCC(O)COc2cccc(C(F)(F)F)c2)cc1. The summed E-state index contributed by atoms with van der Waals surface area (Å²) in [6.07, 6.45) is -5.64. The first kappa shape index (κ1) is 23.0. The first-order chi connectivity index (χ1) is 14.2. The van der Waals surface area contributed by atoms with Gasteiger partial charge in [-0.3, -0.25) is 0 Å². The Kier molecular flexibility index (Phi) is 8.05. The summed E-state index contributed by atoms with van der Waals surface area (Å²) in [6.45, 7) is 1.44. The normalized spacial score (nSPS) is 12.0. The van der Waals surface area contributed by atoms with Crippen LogP contribution in [-0.2, 0) is 10.9 Å². The van der Waals surface area contributed by atoms with Gasteiger partial charge in [0, 0.05) is 12.2 Å². The van der Waals surface area contributed by atoms with E-state index in [0.29, 0.717) is 11.3 Å². The molecule has 30 heavy (non-hydrogen) atoms. The number of hydrogen-bond acceptors (Lipinski definition) is 5. The second kappa shape index (κ2) is 10.5. The van der Waals surface area contributed by atoms with Gasteiger partial charge < -0.3 is 25.2 Å². The first-order valence-corrected chi connectivity index (χ1v) is 8.99. The van der Waals surface area contributed by atoms with E-state index in [1.807, 2.05) is 0 Å². The van der Waals surface area contributed by atoms with E-state index in [9.17, 15) is 27.9 Å². The van der Waals surface area contributed by atoms with Crippen LogP contribution in [0.25, 0.3) is 0 Å². The number of esters is 1. The number of ether oxygens (including phenoxy) is 2. The fraction of sp³-hybridized carbons (Fsp3) is 0.300.